The van der Waals surface area contributed by atoms with E-state index in [1.807, 2.05) is 19.9 Å². The van der Waals surface area contributed by atoms with Crippen molar-refractivity contribution in [1.29, 1.82) is 0 Å². The maximum atomic E-state index is 10.4. The average molecular weight is 227 g/mol. The number of aryl methyl sites for hydroxylation is 1. The molecular formula is C12H15ClO2. The molecule has 0 bridgehead atoms. The van der Waals surface area contributed by atoms with Crippen LogP contribution in [0.1, 0.15) is 23.1 Å². The summed E-state index contributed by atoms with van der Waals surface area (Å²) in [5.74, 6) is 0.846. The molecular weight excluding hydrogens is 212 g/mol. The monoisotopic (exact) mass is 226 g/mol. The zero-order valence-corrected chi connectivity index (χ0v) is 10.0. The predicted octanol–water partition coefficient (Wildman–Crippen LogP) is 3.10. The summed E-state index contributed by atoms with van der Waals surface area (Å²) in [6.45, 7) is 3.90. The Morgan fingerprint density at radius 1 is 1.47 bits per heavy atom. The minimum absolute atomic E-state index is 0.497. The van der Waals surface area contributed by atoms with Crippen LogP contribution < -0.4 is 4.74 Å². The minimum Gasteiger partial charge on any atom is -0.496 e. The fourth-order valence-electron chi connectivity index (χ4n) is 1.70. The summed E-state index contributed by atoms with van der Waals surface area (Å²) in [5, 5.41) is 0.731. The predicted molar refractivity (Wildman–Crippen MR) is 61.9 cm³/mol. The first-order valence-corrected chi connectivity index (χ1v) is 5.25. The lowest BCUT2D eigenvalue weighted by Gasteiger charge is -2.14. The molecule has 0 aliphatic carbocycles. The van der Waals surface area contributed by atoms with Gasteiger partial charge in [-0.05, 0) is 43.0 Å². The molecule has 82 valence electrons. The number of benzene rings is 1. The van der Waals surface area contributed by atoms with Gasteiger partial charge in [0.25, 0.3) is 0 Å². The van der Waals surface area contributed by atoms with Crippen LogP contribution in [0, 0.1) is 13.8 Å². The van der Waals surface area contributed by atoms with E-state index in [9.17, 15) is 4.79 Å². The van der Waals surface area contributed by atoms with Crippen molar-refractivity contribution in [2.45, 2.75) is 26.7 Å². The van der Waals surface area contributed by atoms with Crippen LogP contribution in [0.4, 0.5) is 0 Å². The van der Waals surface area contributed by atoms with Crippen LogP contribution in [0.25, 0.3) is 0 Å². The first kappa shape index (κ1) is 12.1. The summed E-state index contributed by atoms with van der Waals surface area (Å²) < 4.78 is 5.33. The van der Waals surface area contributed by atoms with Crippen molar-refractivity contribution in [3.05, 3.63) is 27.8 Å². The molecule has 3 heteroatoms. The lowest BCUT2D eigenvalue weighted by atomic mass is 10.00. The molecule has 0 N–H and O–H groups in total. The van der Waals surface area contributed by atoms with Crippen molar-refractivity contribution in [3.8, 4) is 5.75 Å². The van der Waals surface area contributed by atoms with Gasteiger partial charge in [0.05, 0.1) is 7.11 Å². The number of halogens is 1. The van der Waals surface area contributed by atoms with Gasteiger partial charge in [-0.25, -0.2) is 0 Å². The quantitative estimate of drug-likeness (QED) is 0.738. The number of aldehydes is 1. The van der Waals surface area contributed by atoms with Crippen molar-refractivity contribution in [3.63, 3.8) is 0 Å². The van der Waals surface area contributed by atoms with Gasteiger partial charge in [-0.2, -0.15) is 0 Å². The zero-order valence-electron chi connectivity index (χ0n) is 9.26. The summed E-state index contributed by atoms with van der Waals surface area (Å²) in [7, 11) is 1.64. The van der Waals surface area contributed by atoms with E-state index in [0.717, 1.165) is 33.7 Å². The van der Waals surface area contributed by atoms with Crippen LogP contribution >= 0.6 is 11.6 Å². The third kappa shape index (κ3) is 2.51. The maximum absolute atomic E-state index is 10.4. The number of carbonyl (C=O) groups is 1. The van der Waals surface area contributed by atoms with E-state index in [0.29, 0.717) is 12.8 Å². The molecule has 0 saturated carbocycles. The van der Waals surface area contributed by atoms with Crippen molar-refractivity contribution in [1.82, 2.24) is 0 Å². The minimum atomic E-state index is 0.497. The summed E-state index contributed by atoms with van der Waals surface area (Å²) in [6, 6.07) is 1.89. The van der Waals surface area contributed by atoms with Crippen LogP contribution in [0.3, 0.4) is 0 Å². The van der Waals surface area contributed by atoms with Crippen LogP contribution in [0.15, 0.2) is 6.07 Å². The lowest BCUT2D eigenvalue weighted by molar-refractivity contribution is -0.107. The largest absolute Gasteiger partial charge is 0.496 e. The molecule has 0 atom stereocenters. The van der Waals surface area contributed by atoms with E-state index in [1.165, 1.54) is 0 Å². The molecule has 0 aromatic heterocycles. The molecule has 0 unspecified atom stereocenters. The highest BCUT2D eigenvalue weighted by Crippen LogP contribution is 2.32. The Morgan fingerprint density at radius 3 is 2.67 bits per heavy atom. The molecule has 1 aromatic rings. The van der Waals surface area contributed by atoms with Crippen LogP contribution in [0.2, 0.25) is 5.02 Å². The molecule has 0 spiro atoms. The molecule has 1 rings (SSSR count). The van der Waals surface area contributed by atoms with E-state index in [2.05, 4.69) is 0 Å². The fraction of sp³-hybridized carbons (Fsp3) is 0.417. The molecule has 0 amide bonds. The van der Waals surface area contributed by atoms with Gasteiger partial charge in [0.1, 0.15) is 12.0 Å². The second-order valence-electron chi connectivity index (χ2n) is 3.52. The maximum Gasteiger partial charge on any atom is 0.125 e. The van der Waals surface area contributed by atoms with E-state index in [4.69, 9.17) is 16.3 Å². The number of hydrogen-bond acceptors (Lipinski definition) is 2. The highest BCUT2D eigenvalue weighted by molar-refractivity contribution is 6.31. The van der Waals surface area contributed by atoms with Crippen LogP contribution in [0.5, 0.6) is 5.75 Å². The van der Waals surface area contributed by atoms with Gasteiger partial charge in [-0.15, -0.1) is 0 Å². The molecule has 2 nitrogen and oxygen atoms in total. The highest BCUT2D eigenvalue weighted by atomic mass is 35.5. The Kier molecular flexibility index (Phi) is 4.15. The fourth-order valence-corrected chi connectivity index (χ4v) is 1.98. The first-order valence-electron chi connectivity index (χ1n) is 4.88. The van der Waals surface area contributed by atoms with Gasteiger partial charge < -0.3 is 9.53 Å². The number of methoxy groups -OCH3 is 1. The summed E-state index contributed by atoms with van der Waals surface area (Å²) in [4.78, 5) is 10.4. The smallest absolute Gasteiger partial charge is 0.125 e. The first-order chi connectivity index (χ1) is 7.11. The number of rotatable bonds is 4. The number of hydrogen-bond donors (Lipinski definition) is 0. The standard InChI is InChI=1S/C12H15ClO2/c1-8-7-11(13)9(2)10(5-4-6-14)12(8)15-3/h6-7H,4-5H2,1-3H3. The normalized spacial score (nSPS) is 10.1. The van der Waals surface area contributed by atoms with E-state index in [1.54, 1.807) is 7.11 Å². The highest BCUT2D eigenvalue weighted by Gasteiger charge is 2.12. The molecule has 0 fully saturated rings. The Hall–Kier alpha value is -1.02. The van der Waals surface area contributed by atoms with Gasteiger partial charge >= 0.3 is 0 Å². The van der Waals surface area contributed by atoms with Gasteiger partial charge in [-0.3, -0.25) is 0 Å². The Bertz CT molecular complexity index is 372. The van der Waals surface area contributed by atoms with Crippen LogP contribution in [-0.2, 0) is 11.2 Å². The second-order valence-corrected chi connectivity index (χ2v) is 3.92. The lowest BCUT2D eigenvalue weighted by Crippen LogP contribution is -1.99. The summed E-state index contributed by atoms with van der Waals surface area (Å²) >= 11 is 6.08. The summed E-state index contributed by atoms with van der Waals surface area (Å²) in [6.07, 6.45) is 2.09. The Labute approximate surface area is 95.2 Å². The van der Waals surface area contributed by atoms with Gasteiger partial charge in [0.2, 0.25) is 0 Å². The van der Waals surface area contributed by atoms with Crippen molar-refractivity contribution in [2.75, 3.05) is 7.11 Å². The third-order valence-electron chi connectivity index (χ3n) is 2.50. The zero-order chi connectivity index (χ0) is 11.4. The molecule has 0 aliphatic heterocycles. The number of ether oxygens (including phenoxy) is 1. The van der Waals surface area contributed by atoms with Gasteiger partial charge in [-0.1, -0.05) is 11.6 Å². The molecule has 0 aliphatic rings. The Balaban J connectivity index is 3.23. The van der Waals surface area contributed by atoms with Gasteiger partial charge in [0.15, 0.2) is 0 Å². The van der Waals surface area contributed by atoms with Crippen molar-refractivity contribution >= 4 is 17.9 Å². The van der Waals surface area contributed by atoms with E-state index < -0.39 is 0 Å². The molecule has 0 saturated heterocycles. The number of carbonyl (C=O) groups excluding carboxylic acids is 1. The second kappa shape index (κ2) is 5.17. The average Bonchev–Trinajstić information content (AvgIpc) is 2.21. The molecule has 1 aromatic carbocycles. The third-order valence-corrected chi connectivity index (χ3v) is 2.90. The van der Waals surface area contributed by atoms with E-state index >= 15 is 0 Å². The summed E-state index contributed by atoms with van der Waals surface area (Å²) in [5.41, 5.74) is 3.05. The molecule has 15 heavy (non-hydrogen) atoms. The van der Waals surface area contributed by atoms with E-state index in [-0.39, 0.29) is 0 Å². The molecule has 0 heterocycles. The molecule has 0 radical (unpaired) electrons. The van der Waals surface area contributed by atoms with Crippen molar-refractivity contribution in [2.24, 2.45) is 0 Å². The SMILES string of the molecule is COc1c(C)cc(Cl)c(C)c1CCC=O. The Morgan fingerprint density at radius 2 is 2.13 bits per heavy atom. The van der Waals surface area contributed by atoms with Gasteiger partial charge in [0, 0.05) is 11.4 Å². The van der Waals surface area contributed by atoms with Crippen LogP contribution in [-0.4, -0.2) is 13.4 Å². The topological polar surface area (TPSA) is 26.3 Å². The van der Waals surface area contributed by atoms with Crippen molar-refractivity contribution < 1.29 is 9.53 Å².